The summed E-state index contributed by atoms with van der Waals surface area (Å²) in [6.45, 7) is 1.90. The third kappa shape index (κ3) is 5.71. The molecule has 3 rings (SSSR count). The van der Waals surface area contributed by atoms with E-state index < -0.39 is 0 Å². The summed E-state index contributed by atoms with van der Waals surface area (Å²) in [5, 5.41) is 8.75. The van der Waals surface area contributed by atoms with Crippen LogP contribution in [0.25, 0.3) is 0 Å². The van der Waals surface area contributed by atoms with Gasteiger partial charge in [-0.05, 0) is 56.2 Å². The van der Waals surface area contributed by atoms with Crippen LogP contribution < -0.4 is 16.0 Å². The SMILES string of the molecule is CC(NC(=O)Nc1ccc(C(=O)NC2CCCCC2)cc1)c1ccc(Cl)s1. The summed E-state index contributed by atoms with van der Waals surface area (Å²) in [5.41, 5.74) is 1.24. The van der Waals surface area contributed by atoms with E-state index >= 15 is 0 Å². The average molecular weight is 406 g/mol. The van der Waals surface area contributed by atoms with Gasteiger partial charge in [0.1, 0.15) is 0 Å². The minimum absolute atomic E-state index is 0.0545. The number of thiophene rings is 1. The van der Waals surface area contributed by atoms with Crippen LogP contribution in [-0.4, -0.2) is 18.0 Å². The van der Waals surface area contributed by atoms with Crippen LogP contribution >= 0.6 is 22.9 Å². The normalized spacial score (nSPS) is 15.8. The molecule has 3 N–H and O–H groups in total. The van der Waals surface area contributed by atoms with Crippen LogP contribution in [0.4, 0.5) is 10.5 Å². The quantitative estimate of drug-likeness (QED) is 0.627. The molecule has 1 heterocycles. The van der Waals surface area contributed by atoms with Gasteiger partial charge in [-0.1, -0.05) is 30.9 Å². The monoisotopic (exact) mass is 405 g/mol. The smallest absolute Gasteiger partial charge is 0.319 e. The van der Waals surface area contributed by atoms with Gasteiger partial charge in [0, 0.05) is 22.2 Å². The molecule has 1 aromatic carbocycles. The molecule has 1 aliphatic rings. The molecule has 7 heteroatoms. The number of carbonyl (C=O) groups excluding carboxylic acids is 2. The number of anilines is 1. The van der Waals surface area contributed by atoms with Crippen molar-refractivity contribution < 1.29 is 9.59 Å². The molecule has 1 fully saturated rings. The van der Waals surface area contributed by atoms with E-state index in [9.17, 15) is 9.59 Å². The highest BCUT2D eigenvalue weighted by atomic mass is 35.5. The summed E-state index contributed by atoms with van der Waals surface area (Å²) >= 11 is 7.37. The first-order valence-corrected chi connectivity index (χ1v) is 10.4. The zero-order valence-electron chi connectivity index (χ0n) is 15.3. The number of urea groups is 1. The molecule has 0 bridgehead atoms. The van der Waals surface area contributed by atoms with E-state index in [1.165, 1.54) is 30.6 Å². The van der Waals surface area contributed by atoms with Crippen molar-refractivity contribution >= 4 is 40.6 Å². The van der Waals surface area contributed by atoms with Crippen molar-refractivity contribution in [3.8, 4) is 0 Å². The molecular weight excluding hydrogens is 382 g/mol. The van der Waals surface area contributed by atoms with Gasteiger partial charge in [-0.2, -0.15) is 0 Å². The molecule has 27 heavy (non-hydrogen) atoms. The number of halogens is 1. The molecule has 0 saturated heterocycles. The molecular formula is C20H24ClN3O2S. The highest BCUT2D eigenvalue weighted by molar-refractivity contribution is 7.16. The Hall–Kier alpha value is -2.05. The van der Waals surface area contributed by atoms with Gasteiger partial charge in [0.2, 0.25) is 0 Å². The summed E-state index contributed by atoms with van der Waals surface area (Å²) < 4.78 is 0.696. The van der Waals surface area contributed by atoms with E-state index in [-0.39, 0.29) is 24.0 Å². The van der Waals surface area contributed by atoms with Crippen LogP contribution in [0.5, 0.6) is 0 Å². The van der Waals surface area contributed by atoms with Gasteiger partial charge in [-0.15, -0.1) is 11.3 Å². The topological polar surface area (TPSA) is 70.2 Å². The number of nitrogens with one attached hydrogen (secondary N) is 3. The Labute approximate surface area is 168 Å². The fraction of sp³-hybridized carbons (Fsp3) is 0.400. The lowest BCUT2D eigenvalue weighted by Gasteiger charge is -2.22. The maximum Gasteiger partial charge on any atom is 0.319 e. The van der Waals surface area contributed by atoms with Crippen molar-refractivity contribution in [2.45, 2.75) is 51.1 Å². The van der Waals surface area contributed by atoms with Crippen molar-refractivity contribution in [3.63, 3.8) is 0 Å². The molecule has 0 radical (unpaired) electrons. The van der Waals surface area contributed by atoms with Crippen molar-refractivity contribution in [2.75, 3.05) is 5.32 Å². The van der Waals surface area contributed by atoms with Crippen molar-refractivity contribution in [1.29, 1.82) is 0 Å². The first-order chi connectivity index (χ1) is 13.0. The summed E-state index contributed by atoms with van der Waals surface area (Å²) in [6.07, 6.45) is 5.73. The molecule has 0 aliphatic heterocycles. The van der Waals surface area contributed by atoms with Gasteiger partial charge in [-0.25, -0.2) is 4.79 Å². The van der Waals surface area contributed by atoms with Gasteiger partial charge in [-0.3, -0.25) is 4.79 Å². The first kappa shape index (κ1) is 19.7. The minimum atomic E-state index is -0.300. The molecule has 5 nitrogen and oxygen atoms in total. The minimum Gasteiger partial charge on any atom is -0.349 e. The number of rotatable bonds is 5. The fourth-order valence-corrected chi connectivity index (χ4v) is 4.28. The molecule has 2 aromatic rings. The van der Waals surface area contributed by atoms with E-state index in [0.717, 1.165) is 17.7 Å². The Morgan fingerprint density at radius 2 is 1.78 bits per heavy atom. The highest BCUT2D eigenvalue weighted by Crippen LogP contribution is 2.26. The Bertz CT molecular complexity index is 785. The summed E-state index contributed by atoms with van der Waals surface area (Å²) in [4.78, 5) is 25.5. The molecule has 0 spiro atoms. The standard InChI is InChI=1S/C20H24ClN3O2S/c1-13(17-11-12-18(21)27-17)22-20(26)24-16-9-7-14(8-10-16)19(25)23-15-5-3-2-4-6-15/h7-13,15H,2-6H2,1H3,(H,23,25)(H2,22,24,26). The second kappa shape index (κ2) is 9.24. The van der Waals surface area contributed by atoms with Crippen molar-refractivity contribution in [2.24, 2.45) is 0 Å². The zero-order valence-corrected chi connectivity index (χ0v) is 16.8. The summed E-state index contributed by atoms with van der Waals surface area (Å²) in [7, 11) is 0. The second-order valence-corrected chi connectivity index (χ2v) is 8.59. The Balaban J connectivity index is 1.50. The predicted octanol–water partition coefficient (Wildman–Crippen LogP) is 5.35. The van der Waals surface area contributed by atoms with Crippen LogP contribution in [0.1, 0.15) is 60.3 Å². The van der Waals surface area contributed by atoms with E-state index in [0.29, 0.717) is 15.6 Å². The fourth-order valence-electron chi connectivity index (χ4n) is 3.22. The van der Waals surface area contributed by atoms with Crippen LogP contribution in [0.3, 0.4) is 0 Å². The Kier molecular flexibility index (Phi) is 6.74. The molecule has 144 valence electrons. The molecule has 1 saturated carbocycles. The number of hydrogen-bond donors (Lipinski definition) is 3. The number of amides is 3. The molecule has 1 atom stereocenters. The van der Waals surface area contributed by atoms with Gasteiger partial charge >= 0.3 is 6.03 Å². The van der Waals surface area contributed by atoms with E-state index in [1.54, 1.807) is 24.3 Å². The molecule has 3 amide bonds. The van der Waals surface area contributed by atoms with Crippen LogP contribution in [-0.2, 0) is 0 Å². The molecule has 1 aliphatic carbocycles. The molecule has 1 aromatic heterocycles. The van der Waals surface area contributed by atoms with Crippen molar-refractivity contribution in [3.05, 3.63) is 51.2 Å². The number of carbonyl (C=O) groups is 2. The maximum absolute atomic E-state index is 12.3. The van der Waals surface area contributed by atoms with Gasteiger partial charge in [0.25, 0.3) is 5.91 Å². The summed E-state index contributed by atoms with van der Waals surface area (Å²) in [5.74, 6) is -0.0545. The van der Waals surface area contributed by atoms with Crippen LogP contribution in [0, 0.1) is 0 Å². The van der Waals surface area contributed by atoms with E-state index in [2.05, 4.69) is 16.0 Å². The maximum atomic E-state index is 12.3. The second-order valence-electron chi connectivity index (χ2n) is 6.85. The lowest BCUT2D eigenvalue weighted by molar-refractivity contribution is 0.0927. The lowest BCUT2D eigenvalue weighted by Crippen LogP contribution is -2.36. The zero-order chi connectivity index (χ0) is 19.2. The van der Waals surface area contributed by atoms with E-state index in [1.807, 2.05) is 19.1 Å². The van der Waals surface area contributed by atoms with Gasteiger partial charge < -0.3 is 16.0 Å². The Morgan fingerprint density at radius 1 is 1.07 bits per heavy atom. The molecule has 1 unspecified atom stereocenters. The van der Waals surface area contributed by atoms with E-state index in [4.69, 9.17) is 11.6 Å². The number of benzene rings is 1. The van der Waals surface area contributed by atoms with Crippen LogP contribution in [0.15, 0.2) is 36.4 Å². The Morgan fingerprint density at radius 3 is 2.41 bits per heavy atom. The summed E-state index contributed by atoms with van der Waals surface area (Å²) in [6, 6.07) is 10.5. The third-order valence-electron chi connectivity index (χ3n) is 4.71. The van der Waals surface area contributed by atoms with Gasteiger partial charge in [0.05, 0.1) is 10.4 Å². The first-order valence-electron chi connectivity index (χ1n) is 9.25. The van der Waals surface area contributed by atoms with Gasteiger partial charge in [0.15, 0.2) is 0 Å². The highest BCUT2D eigenvalue weighted by Gasteiger charge is 2.17. The average Bonchev–Trinajstić information content (AvgIpc) is 3.09. The largest absolute Gasteiger partial charge is 0.349 e. The van der Waals surface area contributed by atoms with Crippen LogP contribution in [0.2, 0.25) is 4.34 Å². The lowest BCUT2D eigenvalue weighted by atomic mass is 9.95. The number of hydrogen-bond acceptors (Lipinski definition) is 3. The predicted molar refractivity (Wildman–Crippen MR) is 111 cm³/mol. The third-order valence-corrected chi connectivity index (χ3v) is 6.13. The van der Waals surface area contributed by atoms with Crippen molar-refractivity contribution in [1.82, 2.24) is 10.6 Å².